The Bertz CT molecular complexity index is 1070. The number of alkyl halides is 3. The molecule has 0 spiro atoms. The minimum absolute atomic E-state index is 0.127. The van der Waals surface area contributed by atoms with E-state index in [2.05, 4.69) is 10.3 Å². The van der Waals surface area contributed by atoms with Gasteiger partial charge >= 0.3 is 12.1 Å². The number of halogens is 3. The Kier molecular flexibility index (Phi) is 4.92. The molecule has 0 saturated heterocycles. The quantitative estimate of drug-likeness (QED) is 0.676. The van der Waals surface area contributed by atoms with Crippen molar-refractivity contribution in [3.05, 3.63) is 51.3 Å². The standard InChI is InChI=1S/C17H14F3N3O3S/c1-3-26-15(25)13-8-21-16(27-13)22-9-4-5-10-11(6-9)23(2)14(7-12(10)24)17(18,19)20/h4-8H,3H2,1-2H3,(H,21,22). The van der Waals surface area contributed by atoms with E-state index in [0.29, 0.717) is 21.8 Å². The van der Waals surface area contributed by atoms with E-state index < -0.39 is 23.3 Å². The fraction of sp³-hybridized carbons (Fsp3) is 0.235. The number of pyridine rings is 1. The topological polar surface area (TPSA) is 73.2 Å². The van der Waals surface area contributed by atoms with Crippen molar-refractivity contribution in [3.8, 4) is 0 Å². The van der Waals surface area contributed by atoms with Crippen molar-refractivity contribution in [2.24, 2.45) is 7.05 Å². The number of hydrogen-bond acceptors (Lipinski definition) is 6. The molecule has 3 rings (SSSR count). The van der Waals surface area contributed by atoms with Crippen molar-refractivity contribution in [2.45, 2.75) is 13.1 Å². The Hall–Kier alpha value is -2.88. The monoisotopic (exact) mass is 397 g/mol. The van der Waals surface area contributed by atoms with E-state index >= 15 is 0 Å². The highest BCUT2D eigenvalue weighted by Crippen LogP contribution is 2.31. The number of carbonyl (C=O) groups excluding carboxylic acids is 1. The zero-order valence-electron chi connectivity index (χ0n) is 14.3. The number of carbonyl (C=O) groups is 1. The fourth-order valence-corrected chi connectivity index (χ4v) is 3.28. The molecule has 2 heterocycles. The molecule has 0 aliphatic rings. The second-order valence-corrected chi connectivity index (χ2v) is 6.59. The van der Waals surface area contributed by atoms with Crippen LogP contribution in [0.5, 0.6) is 0 Å². The van der Waals surface area contributed by atoms with Crippen molar-refractivity contribution in [2.75, 3.05) is 11.9 Å². The Labute approximate surface area is 155 Å². The first kappa shape index (κ1) is 18.9. The van der Waals surface area contributed by atoms with Crippen LogP contribution in [0.25, 0.3) is 10.9 Å². The number of aryl methyl sites for hydroxylation is 1. The summed E-state index contributed by atoms with van der Waals surface area (Å²) in [6.07, 6.45) is -3.29. The molecule has 0 fully saturated rings. The molecule has 3 aromatic rings. The van der Waals surface area contributed by atoms with Gasteiger partial charge in [-0.15, -0.1) is 0 Å². The molecule has 0 radical (unpaired) electrons. The molecular formula is C17H14F3N3O3S. The van der Waals surface area contributed by atoms with Crippen molar-refractivity contribution in [1.29, 1.82) is 0 Å². The molecule has 27 heavy (non-hydrogen) atoms. The highest BCUT2D eigenvalue weighted by atomic mass is 32.1. The number of aromatic nitrogens is 2. The second-order valence-electron chi connectivity index (χ2n) is 5.56. The van der Waals surface area contributed by atoms with E-state index in [9.17, 15) is 22.8 Å². The molecule has 142 valence electrons. The van der Waals surface area contributed by atoms with Gasteiger partial charge in [-0.1, -0.05) is 11.3 Å². The Morgan fingerprint density at radius 3 is 2.74 bits per heavy atom. The third-order valence-electron chi connectivity index (χ3n) is 3.78. The average Bonchev–Trinajstić information content (AvgIpc) is 3.06. The Morgan fingerprint density at radius 2 is 2.07 bits per heavy atom. The summed E-state index contributed by atoms with van der Waals surface area (Å²) < 4.78 is 45.2. The summed E-state index contributed by atoms with van der Waals surface area (Å²) in [7, 11) is 1.25. The number of fused-ring (bicyclic) bond motifs is 1. The van der Waals surface area contributed by atoms with E-state index in [4.69, 9.17) is 4.74 Å². The number of nitrogens with zero attached hydrogens (tertiary/aromatic N) is 2. The first-order valence-corrected chi connectivity index (χ1v) is 8.63. The summed E-state index contributed by atoms with van der Waals surface area (Å²) in [6, 6.07) is 5.02. The summed E-state index contributed by atoms with van der Waals surface area (Å²) in [4.78, 5) is 28.0. The van der Waals surface area contributed by atoms with Crippen LogP contribution in [0, 0.1) is 0 Å². The van der Waals surface area contributed by atoms with Crippen LogP contribution < -0.4 is 10.7 Å². The van der Waals surface area contributed by atoms with Crippen LogP contribution in [0.1, 0.15) is 22.3 Å². The summed E-state index contributed by atoms with van der Waals surface area (Å²) in [5.41, 5.74) is -1.18. The minimum Gasteiger partial charge on any atom is -0.462 e. The van der Waals surface area contributed by atoms with Crippen molar-refractivity contribution >= 4 is 39.0 Å². The Balaban J connectivity index is 1.98. The third kappa shape index (κ3) is 3.80. The molecule has 0 aliphatic carbocycles. The number of rotatable bonds is 4. The van der Waals surface area contributed by atoms with Crippen molar-refractivity contribution < 1.29 is 22.7 Å². The van der Waals surface area contributed by atoms with Crippen LogP contribution in [0.2, 0.25) is 0 Å². The van der Waals surface area contributed by atoms with Crippen LogP contribution in [0.15, 0.2) is 35.3 Å². The van der Waals surface area contributed by atoms with Crippen molar-refractivity contribution in [1.82, 2.24) is 9.55 Å². The number of thiazole rings is 1. The molecule has 0 amide bonds. The first-order valence-electron chi connectivity index (χ1n) is 7.81. The maximum Gasteiger partial charge on any atom is 0.431 e. The molecule has 1 aromatic carbocycles. The molecule has 1 N–H and O–H groups in total. The lowest BCUT2D eigenvalue weighted by molar-refractivity contribution is -0.143. The number of ether oxygens (including phenoxy) is 1. The van der Waals surface area contributed by atoms with Crippen LogP contribution >= 0.6 is 11.3 Å². The summed E-state index contributed by atoms with van der Waals surface area (Å²) in [6.45, 7) is 1.92. The van der Waals surface area contributed by atoms with E-state index in [-0.39, 0.29) is 17.5 Å². The van der Waals surface area contributed by atoms with Gasteiger partial charge in [-0.05, 0) is 25.1 Å². The van der Waals surface area contributed by atoms with Gasteiger partial charge in [0.05, 0.1) is 18.3 Å². The van der Waals surface area contributed by atoms with Gasteiger partial charge in [0.15, 0.2) is 10.6 Å². The summed E-state index contributed by atoms with van der Waals surface area (Å²) in [5.74, 6) is -0.501. The van der Waals surface area contributed by atoms with Gasteiger partial charge in [-0.25, -0.2) is 9.78 Å². The predicted molar refractivity (Wildman–Crippen MR) is 95.5 cm³/mol. The van der Waals surface area contributed by atoms with Crippen molar-refractivity contribution in [3.63, 3.8) is 0 Å². The molecule has 0 aliphatic heterocycles. The molecule has 0 unspecified atom stereocenters. The molecule has 2 aromatic heterocycles. The number of hydrogen-bond donors (Lipinski definition) is 1. The number of esters is 1. The molecule has 0 bridgehead atoms. The normalized spacial score (nSPS) is 11.6. The van der Waals surface area contributed by atoms with Crippen LogP contribution in [-0.2, 0) is 18.0 Å². The van der Waals surface area contributed by atoms with Crippen LogP contribution in [-0.4, -0.2) is 22.1 Å². The first-order chi connectivity index (χ1) is 12.7. The molecule has 0 saturated carbocycles. The van der Waals surface area contributed by atoms with Gasteiger partial charge in [-0.3, -0.25) is 4.79 Å². The SMILES string of the molecule is CCOC(=O)c1cnc(Nc2ccc3c(=O)cc(C(F)(F)F)n(C)c3c2)s1. The highest BCUT2D eigenvalue weighted by molar-refractivity contribution is 7.17. The Morgan fingerprint density at radius 1 is 1.33 bits per heavy atom. The number of anilines is 2. The maximum atomic E-state index is 13.1. The van der Waals surface area contributed by atoms with Gasteiger partial charge in [-0.2, -0.15) is 13.2 Å². The smallest absolute Gasteiger partial charge is 0.431 e. The fourth-order valence-electron chi connectivity index (χ4n) is 2.55. The van der Waals surface area contributed by atoms with E-state index in [1.165, 1.54) is 25.4 Å². The van der Waals surface area contributed by atoms with Gasteiger partial charge in [0, 0.05) is 24.2 Å². The lowest BCUT2D eigenvalue weighted by Crippen LogP contribution is -2.19. The van der Waals surface area contributed by atoms with Gasteiger partial charge in [0.2, 0.25) is 0 Å². The number of benzene rings is 1. The molecule has 0 atom stereocenters. The van der Waals surface area contributed by atoms with Crippen LogP contribution in [0.3, 0.4) is 0 Å². The summed E-state index contributed by atoms with van der Waals surface area (Å²) >= 11 is 1.05. The third-order valence-corrected chi connectivity index (χ3v) is 4.67. The molecular weight excluding hydrogens is 383 g/mol. The van der Waals surface area contributed by atoms with E-state index in [1.807, 2.05) is 0 Å². The highest BCUT2D eigenvalue weighted by Gasteiger charge is 2.34. The summed E-state index contributed by atoms with van der Waals surface area (Å²) in [5, 5.41) is 3.46. The lowest BCUT2D eigenvalue weighted by atomic mass is 10.1. The van der Waals surface area contributed by atoms with Gasteiger partial charge < -0.3 is 14.6 Å². The number of nitrogens with one attached hydrogen (secondary N) is 1. The van der Waals surface area contributed by atoms with E-state index in [1.54, 1.807) is 13.0 Å². The molecule has 6 nitrogen and oxygen atoms in total. The maximum absolute atomic E-state index is 13.1. The zero-order valence-corrected chi connectivity index (χ0v) is 15.1. The minimum atomic E-state index is -4.64. The van der Waals surface area contributed by atoms with E-state index in [0.717, 1.165) is 15.9 Å². The van der Waals surface area contributed by atoms with Crippen LogP contribution in [0.4, 0.5) is 24.0 Å². The molecule has 10 heteroatoms. The average molecular weight is 397 g/mol. The van der Waals surface area contributed by atoms with Gasteiger partial charge in [0.25, 0.3) is 0 Å². The lowest BCUT2D eigenvalue weighted by Gasteiger charge is -2.15. The zero-order chi connectivity index (χ0) is 19.8. The van der Waals surface area contributed by atoms with Gasteiger partial charge in [0.1, 0.15) is 10.6 Å². The largest absolute Gasteiger partial charge is 0.462 e. The predicted octanol–water partition coefficient (Wildman–Crippen LogP) is 3.93. The second kappa shape index (κ2) is 7.03.